The van der Waals surface area contributed by atoms with Gasteiger partial charge in [-0.1, -0.05) is 60.7 Å². The standard InChI is InChI=1S/C30H28F3NO5/c31-30(32,33)39-22-7-5-6-19(12-22)13-29(36)14-20-16-37-17-21(15-29)34(20)28(35)38-18-27-25-10-3-1-8-23(25)24-9-2-4-11-26(24)27/h1-12,20-21,27,36H,13-18H2. The summed E-state index contributed by atoms with van der Waals surface area (Å²) in [6, 6.07) is 21.1. The molecule has 3 aromatic carbocycles. The van der Waals surface area contributed by atoms with Gasteiger partial charge < -0.3 is 19.3 Å². The summed E-state index contributed by atoms with van der Waals surface area (Å²) in [5, 5.41) is 11.5. The van der Waals surface area contributed by atoms with E-state index < -0.39 is 30.1 Å². The molecule has 3 aromatic rings. The molecule has 2 saturated heterocycles. The van der Waals surface area contributed by atoms with Crippen LogP contribution in [-0.4, -0.2) is 60.0 Å². The lowest BCUT2D eigenvalue weighted by molar-refractivity contribution is -0.274. The van der Waals surface area contributed by atoms with Crippen molar-refractivity contribution in [1.82, 2.24) is 4.90 Å². The summed E-state index contributed by atoms with van der Waals surface area (Å²) in [5.74, 6) is -0.395. The van der Waals surface area contributed by atoms with Crippen molar-refractivity contribution in [3.8, 4) is 16.9 Å². The van der Waals surface area contributed by atoms with E-state index in [0.717, 1.165) is 22.3 Å². The SMILES string of the molecule is O=C(OCC1c2ccccc2-c2ccccc21)N1C2COCC1CC(O)(Cc1cccc(OC(F)(F)F)c1)C2. The van der Waals surface area contributed by atoms with Crippen molar-refractivity contribution in [3.05, 3.63) is 89.5 Å². The van der Waals surface area contributed by atoms with Gasteiger partial charge in [-0.3, -0.25) is 4.90 Å². The minimum atomic E-state index is -4.79. The zero-order chi connectivity index (χ0) is 27.2. The predicted octanol–water partition coefficient (Wildman–Crippen LogP) is 5.67. The molecule has 39 heavy (non-hydrogen) atoms. The largest absolute Gasteiger partial charge is 0.573 e. The average molecular weight is 540 g/mol. The van der Waals surface area contributed by atoms with Crippen LogP contribution in [0.25, 0.3) is 11.1 Å². The number of amides is 1. The third-order valence-corrected chi connectivity index (χ3v) is 7.85. The van der Waals surface area contributed by atoms with Crippen LogP contribution >= 0.6 is 0 Å². The lowest BCUT2D eigenvalue weighted by Gasteiger charge is -2.51. The molecule has 204 valence electrons. The monoisotopic (exact) mass is 539 g/mol. The van der Waals surface area contributed by atoms with Gasteiger partial charge in [0.05, 0.1) is 30.9 Å². The molecule has 2 heterocycles. The normalized spacial score (nSPS) is 24.2. The van der Waals surface area contributed by atoms with Crippen molar-refractivity contribution < 1.29 is 37.3 Å². The van der Waals surface area contributed by atoms with Crippen LogP contribution in [-0.2, 0) is 15.9 Å². The van der Waals surface area contributed by atoms with Crippen LogP contribution in [0.1, 0.15) is 35.4 Å². The van der Waals surface area contributed by atoms with Crippen molar-refractivity contribution in [3.63, 3.8) is 0 Å². The molecule has 3 aliphatic rings. The molecule has 2 unspecified atom stereocenters. The Kier molecular flexibility index (Phi) is 6.51. The first-order chi connectivity index (χ1) is 18.7. The number of halogens is 3. The summed E-state index contributed by atoms with van der Waals surface area (Å²) < 4.78 is 53.6. The van der Waals surface area contributed by atoms with Crippen molar-refractivity contribution in [2.75, 3.05) is 19.8 Å². The number of alkyl halides is 3. The van der Waals surface area contributed by atoms with Gasteiger partial charge in [0.2, 0.25) is 0 Å². The number of carbonyl (C=O) groups excluding carboxylic acids is 1. The second kappa shape index (κ2) is 9.88. The average Bonchev–Trinajstić information content (AvgIpc) is 3.19. The molecule has 6 rings (SSSR count). The van der Waals surface area contributed by atoms with E-state index in [1.54, 1.807) is 11.0 Å². The van der Waals surface area contributed by atoms with Gasteiger partial charge in [-0.2, -0.15) is 0 Å². The molecule has 2 aliphatic heterocycles. The number of hydrogen-bond acceptors (Lipinski definition) is 5. The Morgan fingerprint density at radius 2 is 1.56 bits per heavy atom. The maximum absolute atomic E-state index is 13.4. The molecule has 1 N–H and O–H groups in total. The Bertz CT molecular complexity index is 1320. The van der Waals surface area contributed by atoms with E-state index in [9.17, 15) is 23.1 Å². The third kappa shape index (κ3) is 5.21. The van der Waals surface area contributed by atoms with Crippen molar-refractivity contribution in [2.45, 2.75) is 49.2 Å². The molecule has 0 saturated carbocycles. The van der Waals surface area contributed by atoms with Gasteiger partial charge in [0.15, 0.2) is 0 Å². The summed E-state index contributed by atoms with van der Waals surface area (Å²) in [4.78, 5) is 15.1. The molecule has 0 aromatic heterocycles. The van der Waals surface area contributed by atoms with E-state index in [0.29, 0.717) is 5.56 Å². The number of nitrogens with zero attached hydrogens (tertiary/aromatic N) is 1. The first kappa shape index (κ1) is 25.7. The summed E-state index contributed by atoms with van der Waals surface area (Å²) in [6.07, 6.45) is -4.67. The molecule has 6 nitrogen and oxygen atoms in total. The molecule has 1 aliphatic carbocycles. The second-order valence-electron chi connectivity index (χ2n) is 10.6. The lowest BCUT2D eigenvalue weighted by Crippen LogP contribution is -2.64. The molecule has 2 bridgehead atoms. The number of benzene rings is 3. The van der Waals surface area contributed by atoms with Gasteiger partial charge in [-0.05, 0) is 52.8 Å². The quantitative estimate of drug-likeness (QED) is 0.453. The minimum Gasteiger partial charge on any atom is -0.448 e. The maximum atomic E-state index is 13.4. The molecule has 2 fully saturated rings. The number of aliphatic hydroxyl groups is 1. The smallest absolute Gasteiger partial charge is 0.448 e. The van der Waals surface area contributed by atoms with Gasteiger partial charge in [0.25, 0.3) is 0 Å². The summed E-state index contributed by atoms with van der Waals surface area (Å²) in [6.45, 7) is 0.695. The number of fused-ring (bicyclic) bond motifs is 5. The van der Waals surface area contributed by atoms with E-state index in [-0.39, 0.29) is 50.8 Å². The highest BCUT2D eigenvalue weighted by Gasteiger charge is 2.49. The molecule has 9 heteroatoms. The van der Waals surface area contributed by atoms with E-state index in [4.69, 9.17) is 9.47 Å². The zero-order valence-electron chi connectivity index (χ0n) is 21.1. The van der Waals surface area contributed by atoms with Gasteiger partial charge >= 0.3 is 12.5 Å². The van der Waals surface area contributed by atoms with E-state index >= 15 is 0 Å². The van der Waals surface area contributed by atoms with Crippen LogP contribution in [0.4, 0.5) is 18.0 Å². The van der Waals surface area contributed by atoms with Crippen LogP contribution in [0.15, 0.2) is 72.8 Å². The fourth-order valence-corrected chi connectivity index (χ4v) is 6.42. The Morgan fingerprint density at radius 3 is 2.18 bits per heavy atom. The van der Waals surface area contributed by atoms with E-state index in [1.165, 1.54) is 18.2 Å². The number of morpholine rings is 1. The highest BCUT2D eigenvalue weighted by atomic mass is 19.4. The lowest BCUT2D eigenvalue weighted by atomic mass is 9.78. The summed E-state index contributed by atoms with van der Waals surface area (Å²) in [5.41, 5.74) is 3.85. The number of rotatable bonds is 5. The number of ether oxygens (including phenoxy) is 3. The summed E-state index contributed by atoms with van der Waals surface area (Å²) in [7, 11) is 0. The first-order valence-corrected chi connectivity index (χ1v) is 13.0. The fraction of sp³-hybridized carbons (Fsp3) is 0.367. The number of hydrogen-bond donors (Lipinski definition) is 1. The zero-order valence-corrected chi connectivity index (χ0v) is 21.1. The number of carbonyl (C=O) groups is 1. The Hall–Kier alpha value is -3.56. The van der Waals surface area contributed by atoms with E-state index in [2.05, 4.69) is 29.0 Å². The molecule has 1 amide bonds. The molecular formula is C30H28F3NO5. The van der Waals surface area contributed by atoms with Gasteiger partial charge in [0.1, 0.15) is 12.4 Å². The second-order valence-corrected chi connectivity index (χ2v) is 10.6. The highest BCUT2D eigenvalue weighted by molar-refractivity contribution is 5.79. The third-order valence-electron chi connectivity index (χ3n) is 7.85. The van der Waals surface area contributed by atoms with Crippen LogP contribution in [0.5, 0.6) is 5.75 Å². The van der Waals surface area contributed by atoms with Crippen LogP contribution in [0.2, 0.25) is 0 Å². The number of piperidine rings is 1. The van der Waals surface area contributed by atoms with Crippen molar-refractivity contribution in [1.29, 1.82) is 0 Å². The summed E-state index contributed by atoms with van der Waals surface area (Å²) >= 11 is 0. The van der Waals surface area contributed by atoms with Crippen LogP contribution in [0.3, 0.4) is 0 Å². The van der Waals surface area contributed by atoms with Crippen LogP contribution in [0, 0.1) is 0 Å². The maximum Gasteiger partial charge on any atom is 0.573 e. The minimum absolute atomic E-state index is 0.0645. The highest BCUT2D eigenvalue weighted by Crippen LogP contribution is 2.45. The topological polar surface area (TPSA) is 68.2 Å². The molecule has 0 spiro atoms. The van der Waals surface area contributed by atoms with Gasteiger partial charge in [0, 0.05) is 12.3 Å². The van der Waals surface area contributed by atoms with Crippen molar-refractivity contribution >= 4 is 6.09 Å². The van der Waals surface area contributed by atoms with Crippen molar-refractivity contribution in [2.24, 2.45) is 0 Å². The Balaban J connectivity index is 1.14. The molecule has 2 atom stereocenters. The predicted molar refractivity (Wildman–Crippen MR) is 136 cm³/mol. The van der Waals surface area contributed by atoms with Gasteiger partial charge in [-0.15, -0.1) is 13.2 Å². The van der Waals surface area contributed by atoms with Crippen LogP contribution < -0.4 is 4.74 Å². The molecular weight excluding hydrogens is 511 g/mol. The van der Waals surface area contributed by atoms with E-state index in [1.807, 2.05) is 24.3 Å². The molecule has 0 radical (unpaired) electrons. The fourth-order valence-electron chi connectivity index (χ4n) is 6.42. The van der Waals surface area contributed by atoms with Gasteiger partial charge in [-0.25, -0.2) is 4.79 Å². The Labute approximate surface area is 223 Å². The Morgan fingerprint density at radius 1 is 0.949 bits per heavy atom. The first-order valence-electron chi connectivity index (χ1n) is 13.0.